The Labute approximate surface area is 95.6 Å². The van der Waals surface area contributed by atoms with Crippen LogP contribution < -0.4 is 5.73 Å². The van der Waals surface area contributed by atoms with E-state index in [1.807, 2.05) is 0 Å². The predicted molar refractivity (Wildman–Crippen MR) is 67.1 cm³/mol. The Morgan fingerprint density at radius 1 is 1.00 bits per heavy atom. The Morgan fingerprint density at radius 2 is 1.60 bits per heavy atom. The van der Waals surface area contributed by atoms with E-state index in [0.717, 1.165) is 19.4 Å². The van der Waals surface area contributed by atoms with Gasteiger partial charge in [-0.15, -0.1) is 0 Å². The van der Waals surface area contributed by atoms with Crippen molar-refractivity contribution in [1.29, 1.82) is 0 Å². The average molecular weight is 215 g/mol. The number of nitrogens with two attached hydrogens (primary N) is 1. The van der Waals surface area contributed by atoms with Crippen LogP contribution >= 0.6 is 0 Å². The molecule has 0 saturated carbocycles. The Balaban J connectivity index is 3.32. The van der Waals surface area contributed by atoms with Crippen LogP contribution in [0.25, 0.3) is 0 Å². The average Bonchev–Trinajstić information content (AvgIpc) is 2.20. The Hall–Kier alpha value is -0.0800. The molecule has 0 aromatic rings. The molecule has 0 aromatic carbocycles. The lowest BCUT2D eigenvalue weighted by Crippen LogP contribution is -2.37. The normalized spacial score (nSPS) is 15.2. The third-order valence-corrected chi connectivity index (χ3v) is 2.98. The van der Waals surface area contributed by atoms with Gasteiger partial charge in [-0.25, -0.2) is 0 Å². The number of methoxy groups -OCH3 is 1. The van der Waals surface area contributed by atoms with E-state index in [1.165, 1.54) is 38.5 Å². The van der Waals surface area contributed by atoms with Crippen LogP contribution in [0, 0.1) is 0 Å². The molecule has 0 saturated heterocycles. The molecule has 1 unspecified atom stereocenters. The summed E-state index contributed by atoms with van der Waals surface area (Å²) < 4.78 is 5.06. The number of ether oxygens (including phenoxy) is 1. The topological polar surface area (TPSA) is 35.2 Å². The van der Waals surface area contributed by atoms with E-state index in [9.17, 15) is 0 Å². The minimum Gasteiger partial charge on any atom is -0.385 e. The molecule has 15 heavy (non-hydrogen) atoms. The van der Waals surface area contributed by atoms with Gasteiger partial charge in [-0.05, 0) is 19.8 Å². The van der Waals surface area contributed by atoms with Crippen LogP contribution in [-0.2, 0) is 4.74 Å². The SMILES string of the molecule is CCCCCCCCC(C)(N)CCOC. The second kappa shape index (κ2) is 9.17. The van der Waals surface area contributed by atoms with Crippen LogP contribution in [0.3, 0.4) is 0 Å². The van der Waals surface area contributed by atoms with Gasteiger partial charge in [0.25, 0.3) is 0 Å². The lowest BCUT2D eigenvalue weighted by molar-refractivity contribution is 0.168. The van der Waals surface area contributed by atoms with Crippen molar-refractivity contribution < 1.29 is 4.74 Å². The fourth-order valence-electron chi connectivity index (χ4n) is 1.77. The van der Waals surface area contributed by atoms with Crippen molar-refractivity contribution in [2.24, 2.45) is 5.73 Å². The van der Waals surface area contributed by atoms with Crippen molar-refractivity contribution in [1.82, 2.24) is 0 Å². The molecule has 0 radical (unpaired) electrons. The van der Waals surface area contributed by atoms with Crippen molar-refractivity contribution in [2.75, 3.05) is 13.7 Å². The lowest BCUT2D eigenvalue weighted by atomic mass is 9.92. The van der Waals surface area contributed by atoms with E-state index < -0.39 is 0 Å². The van der Waals surface area contributed by atoms with Crippen LogP contribution in [0.2, 0.25) is 0 Å². The molecule has 92 valence electrons. The van der Waals surface area contributed by atoms with Crippen LogP contribution in [0.5, 0.6) is 0 Å². The molecule has 0 aliphatic rings. The van der Waals surface area contributed by atoms with Gasteiger partial charge >= 0.3 is 0 Å². The van der Waals surface area contributed by atoms with Gasteiger partial charge in [0.1, 0.15) is 0 Å². The summed E-state index contributed by atoms with van der Waals surface area (Å²) in [5.41, 5.74) is 6.14. The quantitative estimate of drug-likeness (QED) is 0.566. The van der Waals surface area contributed by atoms with Crippen molar-refractivity contribution in [3.8, 4) is 0 Å². The smallest absolute Gasteiger partial charge is 0.0479 e. The first-order chi connectivity index (χ1) is 7.12. The first kappa shape index (κ1) is 14.9. The van der Waals surface area contributed by atoms with Gasteiger partial charge in [-0.2, -0.15) is 0 Å². The van der Waals surface area contributed by atoms with Gasteiger partial charge in [-0.1, -0.05) is 45.4 Å². The Kier molecular flexibility index (Phi) is 9.12. The largest absolute Gasteiger partial charge is 0.385 e. The Morgan fingerprint density at radius 3 is 2.20 bits per heavy atom. The molecule has 0 rings (SSSR count). The Bertz CT molecular complexity index is 134. The highest BCUT2D eigenvalue weighted by atomic mass is 16.5. The number of unbranched alkanes of at least 4 members (excludes halogenated alkanes) is 5. The molecule has 0 aliphatic heterocycles. The minimum absolute atomic E-state index is 0.0270. The molecule has 2 nitrogen and oxygen atoms in total. The van der Waals surface area contributed by atoms with Gasteiger partial charge in [0.05, 0.1) is 0 Å². The van der Waals surface area contributed by atoms with Crippen molar-refractivity contribution >= 4 is 0 Å². The molecule has 0 amide bonds. The molecular weight excluding hydrogens is 186 g/mol. The third kappa shape index (κ3) is 10.2. The fraction of sp³-hybridized carbons (Fsp3) is 1.00. The second-order valence-corrected chi connectivity index (χ2v) is 4.91. The summed E-state index contributed by atoms with van der Waals surface area (Å²) in [4.78, 5) is 0. The van der Waals surface area contributed by atoms with Gasteiger partial charge in [0, 0.05) is 19.3 Å². The zero-order chi connectivity index (χ0) is 11.6. The van der Waals surface area contributed by atoms with Crippen molar-refractivity contribution in [3.63, 3.8) is 0 Å². The van der Waals surface area contributed by atoms with Crippen molar-refractivity contribution in [2.45, 2.75) is 70.8 Å². The highest BCUT2D eigenvalue weighted by molar-refractivity contribution is 4.77. The summed E-state index contributed by atoms with van der Waals surface area (Å²) >= 11 is 0. The fourth-order valence-corrected chi connectivity index (χ4v) is 1.77. The first-order valence-corrected chi connectivity index (χ1v) is 6.40. The maximum Gasteiger partial charge on any atom is 0.0479 e. The van der Waals surface area contributed by atoms with E-state index in [2.05, 4.69) is 13.8 Å². The van der Waals surface area contributed by atoms with Gasteiger partial charge in [0.15, 0.2) is 0 Å². The molecule has 1 atom stereocenters. The lowest BCUT2D eigenvalue weighted by Gasteiger charge is -2.24. The zero-order valence-corrected chi connectivity index (χ0v) is 10.8. The summed E-state index contributed by atoms with van der Waals surface area (Å²) in [6.45, 7) is 5.17. The van der Waals surface area contributed by atoms with E-state index >= 15 is 0 Å². The van der Waals surface area contributed by atoms with Gasteiger partial charge in [0.2, 0.25) is 0 Å². The maximum absolute atomic E-state index is 6.16. The first-order valence-electron chi connectivity index (χ1n) is 6.40. The molecule has 0 aliphatic carbocycles. The van der Waals surface area contributed by atoms with Gasteiger partial charge < -0.3 is 10.5 Å². The standard InChI is InChI=1S/C13H29NO/c1-4-5-6-7-8-9-10-13(2,14)11-12-15-3/h4-12,14H2,1-3H3. The van der Waals surface area contributed by atoms with Gasteiger partial charge in [-0.3, -0.25) is 0 Å². The molecule has 0 heterocycles. The van der Waals surface area contributed by atoms with Crippen LogP contribution in [0.1, 0.15) is 65.2 Å². The summed E-state index contributed by atoms with van der Waals surface area (Å²) in [5, 5.41) is 0. The summed E-state index contributed by atoms with van der Waals surface area (Å²) in [7, 11) is 1.74. The van der Waals surface area contributed by atoms with E-state index in [4.69, 9.17) is 10.5 Å². The molecular formula is C13H29NO. The van der Waals surface area contributed by atoms with Crippen LogP contribution in [0.4, 0.5) is 0 Å². The highest BCUT2D eigenvalue weighted by Crippen LogP contribution is 2.16. The summed E-state index contributed by atoms with van der Waals surface area (Å²) in [6, 6.07) is 0. The molecule has 0 aromatic heterocycles. The number of rotatable bonds is 10. The minimum atomic E-state index is -0.0270. The van der Waals surface area contributed by atoms with E-state index in [-0.39, 0.29) is 5.54 Å². The molecule has 2 heteroatoms. The monoisotopic (exact) mass is 215 g/mol. The summed E-state index contributed by atoms with van der Waals surface area (Å²) in [6.07, 6.45) is 10.2. The zero-order valence-electron chi connectivity index (χ0n) is 10.8. The number of hydrogen-bond acceptors (Lipinski definition) is 2. The third-order valence-electron chi connectivity index (χ3n) is 2.98. The molecule has 0 fully saturated rings. The molecule has 2 N–H and O–H groups in total. The summed E-state index contributed by atoms with van der Waals surface area (Å²) in [5.74, 6) is 0. The maximum atomic E-state index is 6.16. The molecule has 0 spiro atoms. The van der Waals surface area contributed by atoms with E-state index in [0.29, 0.717) is 0 Å². The highest BCUT2D eigenvalue weighted by Gasteiger charge is 2.16. The molecule has 0 bridgehead atoms. The second-order valence-electron chi connectivity index (χ2n) is 4.91. The predicted octanol–water partition coefficient (Wildman–Crippen LogP) is 3.49. The number of hydrogen-bond donors (Lipinski definition) is 1. The van der Waals surface area contributed by atoms with Crippen LogP contribution in [0.15, 0.2) is 0 Å². The van der Waals surface area contributed by atoms with Crippen molar-refractivity contribution in [3.05, 3.63) is 0 Å². The van der Waals surface area contributed by atoms with Crippen LogP contribution in [-0.4, -0.2) is 19.3 Å². The van der Waals surface area contributed by atoms with E-state index in [1.54, 1.807) is 7.11 Å².